The maximum Gasteiger partial charge on any atom is 0.330 e. The normalized spacial score (nSPS) is 11.3. The van der Waals surface area contributed by atoms with E-state index in [1.165, 1.54) is 31.8 Å². The molecule has 3 heteroatoms. The summed E-state index contributed by atoms with van der Waals surface area (Å²) in [4.78, 5) is 13.5. The molecule has 17 heavy (non-hydrogen) atoms. The van der Waals surface area contributed by atoms with E-state index in [1.54, 1.807) is 0 Å². The topological polar surface area (TPSA) is 29.5 Å². The minimum Gasteiger partial charge on any atom is -0.463 e. The zero-order valence-corrected chi connectivity index (χ0v) is 11.6. The Bertz CT molecular complexity index is 206. The number of nitrogens with zero attached hydrogens (tertiary/aromatic N) is 1. The molecule has 0 amide bonds. The Morgan fingerprint density at radius 3 is 2.18 bits per heavy atom. The number of hydrogen-bond acceptors (Lipinski definition) is 3. The lowest BCUT2D eigenvalue weighted by Crippen LogP contribution is -2.26. The molecule has 0 N–H and O–H groups in total. The molecule has 3 nitrogen and oxygen atoms in total. The molecule has 0 aromatic carbocycles. The Morgan fingerprint density at radius 1 is 1.12 bits per heavy atom. The number of unbranched alkanes of at least 4 members (excludes halogenated alkanes) is 2. The number of carbonyl (C=O) groups is 1. The predicted octanol–water partition coefficient (Wildman–Crippen LogP) is 3.01. The monoisotopic (exact) mass is 241 g/mol. The van der Waals surface area contributed by atoms with Gasteiger partial charge >= 0.3 is 5.97 Å². The summed E-state index contributed by atoms with van der Waals surface area (Å²) in [6, 6.07) is 0. The highest BCUT2D eigenvalue weighted by atomic mass is 16.5. The standard InChI is InChI=1S/C14H27NO2/c1-4-7-11-15(12-8-5-2)13-9-10-14(16)17-6-3/h9-10H,4-8,11-13H2,1-3H3/b10-9+. The summed E-state index contributed by atoms with van der Waals surface area (Å²) < 4.78 is 4.84. The van der Waals surface area contributed by atoms with Crippen molar-refractivity contribution in [3.8, 4) is 0 Å². The van der Waals surface area contributed by atoms with Crippen LogP contribution in [0.15, 0.2) is 12.2 Å². The van der Waals surface area contributed by atoms with Crippen molar-refractivity contribution in [2.45, 2.75) is 46.5 Å². The maximum atomic E-state index is 11.1. The van der Waals surface area contributed by atoms with E-state index in [0.29, 0.717) is 6.61 Å². The average Bonchev–Trinajstić information content (AvgIpc) is 2.32. The van der Waals surface area contributed by atoms with E-state index in [1.807, 2.05) is 13.0 Å². The van der Waals surface area contributed by atoms with Crippen LogP contribution in [0.2, 0.25) is 0 Å². The number of carbonyl (C=O) groups excluding carboxylic acids is 1. The van der Waals surface area contributed by atoms with Crippen molar-refractivity contribution in [1.82, 2.24) is 4.90 Å². The van der Waals surface area contributed by atoms with Crippen LogP contribution in [-0.2, 0) is 9.53 Å². The van der Waals surface area contributed by atoms with E-state index in [9.17, 15) is 4.79 Å². The van der Waals surface area contributed by atoms with Crippen molar-refractivity contribution in [3.63, 3.8) is 0 Å². The van der Waals surface area contributed by atoms with Gasteiger partial charge in [0.25, 0.3) is 0 Å². The fourth-order valence-electron chi connectivity index (χ4n) is 1.55. The molecule has 0 aromatic rings. The molecule has 0 aliphatic heterocycles. The number of ether oxygens (including phenoxy) is 1. The van der Waals surface area contributed by atoms with Crippen molar-refractivity contribution in [2.75, 3.05) is 26.2 Å². The van der Waals surface area contributed by atoms with Crippen LogP contribution < -0.4 is 0 Å². The van der Waals surface area contributed by atoms with Crippen LogP contribution in [0.25, 0.3) is 0 Å². The first-order chi connectivity index (χ1) is 8.24. The molecular formula is C14H27NO2. The zero-order chi connectivity index (χ0) is 12.9. The molecule has 100 valence electrons. The van der Waals surface area contributed by atoms with Gasteiger partial charge < -0.3 is 4.74 Å². The summed E-state index contributed by atoms with van der Waals surface area (Å²) >= 11 is 0. The molecule has 0 fully saturated rings. The highest BCUT2D eigenvalue weighted by molar-refractivity contribution is 5.81. The minimum atomic E-state index is -0.238. The third kappa shape index (κ3) is 10.1. The van der Waals surface area contributed by atoms with Gasteiger partial charge in [-0.15, -0.1) is 0 Å². The highest BCUT2D eigenvalue weighted by Gasteiger charge is 2.01. The second-order valence-corrected chi connectivity index (χ2v) is 4.16. The first-order valence-corrected chi connectivity index (χ1v) is 6.80. The number of hydrogen-bond donors (Lipinski definition) is 0. The summed E-state index contributed by atoms with van der Waals surface area (Å²) in [5.74, 6) is -0.238. The summed E-state index contributed by atoms with van der Waals surface area (Å²) in [5.41, 5.74) is 0. The second kappa shape index (κ2) is 11.6. The summed E-state index contributed by atoms with van der Waals surface area (Å²) in [6.45, 7) is 9.74. The van der Waals surface area contributed by atoms with Crippen LogP contribution in [0.5, 0.6) is 0 Å². The van der Waals surface area contributed by atoms with Crippen LogP contribution >= 0.6 is 0 Å². The molecule has 0 bridgehead atoms. The van der Waals surface area contributed by atoms with Crippen molar-refractivity contribution >= 4 is 5.97 Å². The number of esters is 1. The molecule has 0 unspecified atom stereocenters. The molecule has 0 rings (SSSR count). The van der Waals surface area contributed by atoms with Crippen LogP contribution in [0, 0.1) is 0 Å². The molecule has 0 saturated carbocycles. The minimum absolute atomic E-state index is 0.238. The fourth-order valence-corrected chi connectivity index (χ4v) is 1.55. The molecular weight excluding hydrogens is 214 g/mol. The molecule has 0 radical (unpaired) electrons. The van der Waals surface area contributed by atoms with Gasteiger partial charge in [0.1, 0.15) is 0 Å². The summed E-state index contributed by atoms with van der Waals surface area (Å²) in [5, 5.41) is 0. The maximum absolute atomic E-state index is 11.1. The smallest absolute Gasteiger partial charge is 0.330 e. The first kappa shape index (κ1) is 16.2. The zero-order valence-electron chi connectivity index (χ0n) is 11.6. The van der Waals surface area contributed by atoms with Gasteiger partial charge in [-0.05, 0) is 32.9 Å². The van der Waals surface area contributed by atoms with E-state index >= 15 is 0 Å². The van der Waals surface area contributed by atoms with Gasteiger partial charge in [0.05, 0.1) is 6.61 Å². The van der Waals surface area contributed by atoms with E-state index < -0.39 is 0 Å². The van der Waals surface area contributed by atoms with Gasteiger partial charge in [-0.1, -0.05) is 32.8 Å². The molecule has 0 aliphatic rings. The molecule has 0 aliphatic carbocycles. The highest BCUT2D eigenvalue weighted by Crippen LogP contribution is 1.99. The van der Waals surface area contributed by atoms with Gasteiger partial charge in [0, 0.05) is 12.6 Å². The molecule has 0 atom stereocenters. The molecule has 0 aromatic heterocycles. The average molecular weight is 241 g/mol. The number of rotatable bonds is 10. The lowest BCUT2D eigenvalue weighted by molar-refractivity contribution is -0.137. The van der Waals surface area contributed by atoms with Crippen LogP contribution in [0.3, 0.4) is 0 Å². The van der Waals surface area contributed by atoms with Gasteiger partial charge in [-0.2, -0.15) is 0 Å². The van der Waals surface area contributed by atoms with Crippen LogP contribution in [-0.4, -0.2) is 37.1 Å². The van der Waals surface area contributed by atoms with Gasteiger partial charge in [0.15, 0.2) is 0 Å². The fraction of sp³-hybridized carbons (Fsp3) is 0.786. The Kier molecular flexibility index (Phi) is 11.1. The van der Waals surface area contributed by atoms with Gasteiger partial charge in [0.2, 0.25) is 0 Å². The lowest BCUT2D eigenvalue weighted by atomic mass is 10.2. The SMILES string of the molecule is CCCCN(C/C=C/C(=O)OCC)CCCC. The Balaban J connectivity index is 3.91. The Morgan fingerprint density at radius 2 is 1.71 bits per heavy atom. The largest absolute Gasteiger partial charge is 0.463 e. The molecule has 0 spiro atoms. The van der Waals surface area contributed by atoms with Crippen LogP contribution in [0.1, 0.15) is 46.5 Å². The molecule has 0 saturated heterocycles. The lowest BCUT2D eigenvalue weighted by Gasteiger charge is -2.19. The Hall–Kier alpha value is -0.830. The Labute approximate surface area is 106 Å². The van der Waals surface area contributed by atoms with Gasteiger partial charge in [-0.25, -0.2) is 4.79 Å². The second-order valence-electron chi connectivity index (χ2n) is 4.16. The quantitative estimate of drug-likeness (QED) is 0.435. The first-order valence-electron chi connectivity index (χ1n) is 6.80. The van der Waals surface area contributed by atoms with E-state index in [0.717, 1.165) is 19.6 Å². The van der Waals surface area contributed by atoms with Gasteiger partial charge in [-0.3, -0.25) is 4.90 Å². The predicted molar refractivity (Wildman–Crippen MR) is 72.0 cm³/mol. The van der Waals surface area contributed by atoms with Crippen LogP contribution in [0.4, 0.5) is 0 Å². The van der Waals surface area contributed by atoms with Crippen molar-refractivity contribution in [3.05, 3.63) is 12.2 Å². The van der Waals surface area contributed by atoms with Crippen molar-refractivity contribution < 1.29 is 9.53 Å². The summed E-state index contributed by atoms with van der Waals surface area (Å²) in [7, 11) is 0. The third-order valence-electron chi connectivity index (χ3n) is 2.56. The van der Waals surface area contributed by atoms with E-state index in [-0.39, 0.29) is 5.97 Å². The molecule has 0 heterocycles. The van der Waals surface area contributed by atoms with Crippen molar-refractivity contribution in [2.24, 2.45) is 0 Å². The third-order valence-corrected chi connectivity index (χ3v) is 2.56. The van der Waals surface area contributed by atoms with E-state index in [2.05, 4.69) is 18.7 Å². The van der Waals surface area contributed by atoms with Crippen molar-refractivity contribution in [1.29, 1.82) is 0 Å². The van der Waals surface area contributed by atoms with E-state index in [4.69, 9.17) is 4.74 Å². The summed E-state index contributed by atoms with van der Waals surface area (Å²) in [6.07, 6.45) is 8.31.